The Labute approximate surface area is 201 Å². The summed E-state index contributed by atoms with van der Waals surface area (Å²) in [6.07, 6.45) is 5.07. The molecule has 184 valence electrons. The van der Waals surface area contributed by atoms with Gasteiger partial charge < -0.3 is 9.72 Å². The highest BCUT2D eigenvalue weighted by molar-refractivity contribution is 5.79. The molecule has 4 rings (SSSR count). The molecular weight excluding hydrogens is 428 g/mol. The van der Waals surface area contributed by atoms with Crippen molar-refractivity contribution in [1.29, 1.82) is 0 Å². The third-order valence-electron chi connectivity index (χ3n) is 7.15. The van der Waals surface area contributed by atoms with Gasteiger partial charge in [-0.2, -0.15) is 0 Å². The maximum atomic E-state index is 13.1. The van der Waals surface area contributed by atoms with Gasteiger partial charge in [0, 0.05) is 30.8 Å². The van der Waals surface area contributed by atoms with E-state index in [1.807, 2.05) is 22.9 Å². The first-order chi connectivity index (χ1) is 16.3. The van der Waals surface area contributed by atoms with Gasteiger partial charge in [-0.3, -0.25) is 9.69 Å². The lowest BCUT2D eigenvalue weighted by molar-refractivity contribution is 0.0462. The van der Waals surface area contributed by atoms with Crippen molar-refractivity contribution in [2.24, 2.45) is 0 Å². The van der Waals surface area contributed by atoms with Gasteiger partial charge in [-0.1, -0.05) is 31.9 Å². The molecule has 0 amide bonds. The average molecular weight is 467 g/mol. The molecule has 2 aromatic heterocycles. The van der Waals surface area contributed by atoms with Crippen LogP contribution in [0.2, 0.25) is 0 Å². The summed E-state index contributed by atoms with van der Waals surface area (Å²) >= 11 is 0. The lowest BCUT2D eigenvalue weighted by Crippen LogP contribution is -2.39. The van der Waals surface area contributed by atoms with Crippen molar-refractivity contribution in [3.05, 3.63) is 51.6 Å². The minimum atomic E-state index is -0.196. The first kappa shape index (κ1) is 24.5. The van der Waals surface area contributed by atoms with Crippen molar-refractivity contribution in [3.8, 4) is 0 Å². The fourth-order valence-electron chi connectivity index (χ4n) is 4.79. The van der Waals surface area contributed by atoms with Crippen LogP contribution in [-0.2, 0) is 16.8 Å². The molecule has 1 aromatic carbocycles. The molecule has 0 bridgehead atoms. The number of rotatable bonds is 10. The molecule has 3 heterocycles. The molecule has 2 atom stereocenters. The Morgan fingerprint density at radius 3 is 2.82 bits per heavy atom. The Hall–Kier alpha value is -2.58. The van der Waals surface area contributed by atoms with Crippen LogP contribution in [0.25, 0.3) is 10.9 Å². The lowest BCUT2D eigenvalue weighted by atomic mass is 10.00. The molecule has 0 saturated carbocycles. The normalized spacial score (nSPS) is 17.6. The molecule has 8 nitrogen and oxygen atoms in total. The molecule has 3 aromatic rings. The maximum absolute atomic E-state index is 13.1. The standard InChI is InChI=1S/C26H38N6O2/c1-6-9-23(24-28-29-30-32(24)26(4,5)7-2)31(17-21-10-8-13-34-21)16-20-15-19-14-18(3)11-12-22(19)27-25(20)33/h11-12,14-15,21,23H,6-10,13,16-17H2,1-5H3,(H,27,33)/t21-,23+/m0/s1. The van der Waals surface area contributed by atoms with Crippen LogP contribution < -0.4 is 5.56 Å². The number of fused-ring (bicyclic) bond motifs is 1. The van der Waals surface area contributed by atoms with Gasteiger partial charge in [0.25, 0.3) is 5.56 Å². The van der Waals surface area contributed by atoms with E-state index >= 15 is 0 Å². The number of benzene rings is 1. The zero-order valence-corrected chi connectivity index (χ0v) is 21.2. The zero-order chi connectivity index (χ0) is 24.3. The van der Waals surface area contributed by atoms with E-state index in [4.69, 9.17) is 4.74 Å². The minimum Gasteiger partial charge on any atom is -0.377 e. The van der Waals surface area contributed by atoms with Crippen LogP contribution in [-0.4, -0.2) is 49.3 Å². The number of nitrogens with one attached hydrogen (secondary N) is 1. The number of hydrogen-bond donors (Lipinski definition) is 1. The van der Waals surface area contributed by atoms with Gasteiger partial charge >= 0.3 is 0 Å². The van der Waals surface area contributed by atoms with Crippen LogP contribution >= 0.6 is 0 Å². The molecule has 0 aliphatic carbocycles. The Morgan fingerprint density at radius 2 is 2.12 bits per heavy atom. The molecule has 1 fully saturated rings. The van der Waals surface area contributed by atoms with Crippen LogP contribution in [0.4, 0.5) is 0 Å². The van der Waals surface area contributed by atoms with Crippen LogP contribution in [0.3, 0.4) is 0 Å². The van der Waals surface area contributed by atoms with Crippen molar-refractivity contribution in [2.75, 3.05) is 13.2 Å². The van der Waals surface area contributed by atoms with Gasteiger partial charge in [0.2, 0.25) is 0 Å². The summed E-state index contributed by atoms with van der Waals surface area (Å²) in [5.41, 5.74) is 2.55. The van der Waals surface area contributed by atoms with E-state index in [0.29, 0.717) is 6.54 Å². The van der Waals surface area contributed by atoms with Gasteiger partial charge in [-0.15, -0.1) is 5.10 Å². The quantitative estimate of drug-likeness (QED) is 0.474. The zero-order valence-electron chi connectivity index (χ0n) is 21.2. The second-order valence-electron chi connectivity index (χ2n) is 10.2. The number of nitrogens with zero attached hydrogens (tertiary/aromatic N) is 5. The number of ether oxygens (including phenoxy) is 1. The summed E-state index contributed by atoms with van der Waals surface area (Å²) in [7, 11) is 0. The summed E-state index contributed by atoms with van der Waals surface area (Å²) in [5.74, 6) is 0.861. The highest BCUT2D eigenvalue weighted by atomic mass is 16.5. The number of pyridine rings is 1. The Balaban J connectivity index is 1.74. The van der Waals surface area contributed by atoms with E-state index in [1.165, 1.54) is 5.56 Å². The molecule has 0 spiro atoms. The Kier molecular flexibility index (Phi) is 7.48. The highest BCUT2D eigenvalue weighted by Gasteiger charge is 2.33. The number of aromatic nitrogens is 5. The number of hydrogen-bond acceptors (Lipinski definition) is 6. The smallest absolute Gasteiger partial charge is 0.252 e. The van der Waals surface area contributed by atoms with Gasteiger partial charge in [-0.25, -0.2) is 4.68 Å². The summed E-state index contributed by atoms with van der Waals surface area (Å²) in [6.45, 7) is 12.8. The van der Waals surface area contributed by atoms with Gasteiger partial charge in [-0.05, 0) is 80.5 Å². The Morgan fingerprint density at radius 1 is 1.29 bits per heavy atom. The van der Waals surface area contributed by atoms with E-state index in [-0.39, 0.29) is 23.2 Å². The maximum Gasteiger partial charge on any atom is 0.252 e. The SMILES string of the molecule is CCC[C@H](c1nnnn1C(C)(C)CC)N(Cc1cc2cc(C)ccc2[nH]c1=O)C[C@@H]1CCCO1. The van der Waals surface area contributed by atoms with Gasteiger partial charge in [0.1, 0.15) is 0 Å². The van der Waals surface area contributed by atoms with Crippen molar-refractivity contribution >= 4 is 10.9 Å². The summed E-state index contributed by atoms with van der Waals surface area (Å²) in [5, 5.41) is 14.0. The molecule has 1 N–H and O–H groups in total. The second-order valence-corrected chi connectivity index (χ2v) is 10.2. The number of H-pyrrole nitrogens is 1. The van der Waals surface area contributed by atoms with Crippen LogP contribution in [0.1, 0.15) is 82.8 Å². The summed E-state index contributed by atoms with van der Waals surface area (Å²) < 4.78 is 7.99. The third kappa shape index (κ3) is 5.23. The van der Waals surface area contributed by atoms with E-state index in [9.17, 15) is 4.79 Å². The Bertz CT molecular complexity index is 1160. The molecule has 0 unspecified atom stereocenters. The monoisotopic (exact) mass is 466 g/mol. The van der Waals surface area contributed by atoms with Crippen LogP contribution in [0.5, 0.6) is 0 Å². The van der Waals surface area contributed by atoms with Crippen molar-refractivity contribution < 1.29 is 4.74 Å². The topological polar surface area (TPSA) is 88.9 Å². The molecule has 1 aliphatic rings. The predicted molar refractivity (Wildman–Crippen MR) is 134 cm³/mol. The lowest BCUT2D eigenvalue weighted by Gasteiger charge is -2.34. The molecule has 1 aliphatic heterocycles. The minimum absolute atomic E-state index is 0.0115. The number of tetrazole rings is 1. The van der Waals surface area contributed by atoms with E-state index in [1.54, 1.807) is 0 Å². The van der Waals surface area contributed by atoms with Crippen molar-refractivity contribution in [3.63, 3.8) is 0 Å². The third-order valence-corrected chi connectivity index (χ3v) is 7.15. The fourth-order valence-corrected chi connectivity index (χ4v) is 4.79. The van der Waals surface area contributed by atoms with Crippen LogP contribution in [0.15, 0.2) is 29.1 Å². The van der Waals surface area contributed by atoms with Gasteiger partial charge in [0.05, 0.1) is 17.7 Å². The van der Waals surface area contributed by atoms with Gasteiger partial charge in [0.15, 0.2) is 5.82 Å². The van der Waals surface area contributed by atoms with Crippen molar-refractivity contribution in [2.45, 2.75) is 91.0 Å². The molecule has 1 saturated heterocycles. The average Bonchev–Trinajstić information content (AvgIpc) is 3.50. The summed E-state index contributed by atoms with van der Waals surface area (Å²) in [6, 6.07) is 8.14. The first-order valence-electron chi connectivity index (χ1n) is 12.6. The van der Waals surface area contributed by atoms with Crippen LogP contribution in [0, 0.1) is 6.92 Å². The highest BCUT2D eigenvalue weighted by Crippen LogP contribution is 2.31. The summed E-state index contributed by atoms with van der Waals surface area (Å²) in [4.78, 5) is 18.5. The number of aromatic amines is 1. The van der Waals surface area contributed by atoms with E-state index in [2.05, 4.69) is 66.1 Å². The first-order valence-corrected chi connectivity index (χ1v) is 12.6. The van der Waals surface area contributed by atoms with Crippen molar-refractivity contribution in [1.82, 2.24) is 30.1 Å². The molecular formula is C26H38N6O2. The second kappa shape index (κ2) is 10.4. The van der Waals surface area contributed by atoms with E-state index < -0.39 is 0 Å². The molecule has 8 heteroatoms. The van der Waals surface area contributed by atoms with E-state index in [0.717, 1.165) is 67.5 Å². The largest absolute Gasteiger partial charge is 0.377 e. The number of aryl methyl sites for hydroxylation is 1. The molecule has 34 heavy (non-hydrogen) atoms. The fraction of sp³-hybridized carbons (Fsp3) is 0.615. The molecule has 0 radical (unpaired) electrons. The predicted octanol–water partition coefficient (Wildman–Crippen LogP) is 4.49.